The van der Waals surface area contributed by atoms with E-state index in [-0.39, 0.29) is 17.9 Å². The van der Waals surface area contributed by atoms with Gasteiger partial charge < -0.3 is 15.7 Å². The van der Waals surface area contributed by atoms with Crippen LogP contribution in [0, 0.1) is 11.6 Å². The number of likely N-dealkylation sites (N-methyl/N-ethyl adjacent to an activating group) is 1. The molecule has 0 saturated heterocycles. The second-order valence-electron chi connectivity index (χ2n) is 3.56. The molecule has 0 saturated carbocycles. The molecule has 15 heavy (non-hydrogen) atoms. The molecule has 0 aliphatic heterocycles. The minimum absolute atomic E-state index is 0.0409. The number of hydrogen-bond donors (Lipinski definition) is 2. The molecule has 0 amide bonds. The first-order valence-electron chi connectivity index (χ1n) is 4.55. The highest BCUT2D eigenvalue weighted by Gasteiger charge is 2.15. The SMILES string of the molecule is CC(O)CN(C)c1c(F)cc(N)cc1F. The van der Waals surface area contributed by atoms with Crippen LogP contribution in [0.4, 0.5) is 20.2 Å². The van der Waals surface area contributed by atoms with E-state index in [1.807, 2.05) is 0 Å². The van der Waals surface area contributed by atoms with Crippen LogP contribution in [0.25, 0.3) is 0 Å². The second-order valence-corrected chi connectivity index (χ2v) is 3.56. The summed E-state index contributed by atoms with van der Waals surface area (Å²) in [6, 6.07) is 2.11. The Morgan fingerprint density at radius 1 is 1.40 bits per heavy atom. The first kappa shape index (κ1) is 11.7. The normalized spacial score (nSPS) is 12.6. The van der Waals surface area contributed by atoms with Gasteiger partial charge in [-0.2, -0.15) is 0 Å². The Morgan fingerprint density at radius 2 is 1.87 bits per heavy atom. The molecule has 1 aromatic rings. The first-order chi connectivity index (χ1) is 6.91. The number of aliphatic hydroxyl groups is 1. The number of rotatable bonds is 3. The van der Waals surface area contributed by atoms with Gasteiger partial charge in [-0.15, -0.1) is 0 Å². The van der Waals surface area contributed by atoms with Gasteiger partial charge in [0, 0.05) is 19.3 Å². The maximum absolute atomic E-state index is 13.4. The van der Waals surface area contributed by atoms with E-state index < -0.39 is 17.7 Å². The molecule has 3 nitrogen and oxygen atoms in total. The topological polar surface area (TPSA) is 49.5 Å². The van der Waals surface area contributed by atoms with Gasteiger partial charge in [-0.25, -0.2) is 8.78 Å². The highest BCUT2D eigenvalue weighted by molar-refractivity contribution is 5.55. The van der Waals surface area contributed by atoms with E-state index in [0.717, 1.165) is 12.1 Å². The van der Waals surface area contributed by atoms with Gasteiger partial charge in [0.2, 0.25) is 0 Å². The number of nitrogens with two attached hydrogens (primary N) is 1. The summed E-state index contributed by atoms with van der Waals surface area (Å²) in [5.41, 5.74) is 5.15. The van der Waals surface area contributed by atoms with E-state index in [9.17, 15) is 8.78 Å². The lowest BCUT2D eigenvalue weighted by Gasteiger charge is -2.22. The minimum atomic E-state index is -0.726. The standard InChI is InChI=1S/C10H14F2N2O/c1-6(15)5-14(2)10-8(11)3-7(13)4-9(10)12/h3-4,6,15H,5,13H2,1-2H3. The number of aliphatic hydroxyl groups excluding tert-OH is 1. The summed E-state index contributed by atoms with van der Waals surface area (Å²) in [6.07, 6.45) is -0.661. The minimum Gasteiger partial charge on any atom is -0.399 e. The van der Waals surface area contributed by atoms with Crippen molar-refractivity contribution in [2.45, 2.75) is 13.0 Å². The van der Waals surface area contributed by atoms with Gasteiger partial charge in [0.15, 0.2) is 11.6 Å². The second kappa shape index (κ2) is 4.44. The molecule has 1 atom stereocenters. The molecule has 0 aromatic heterocycles. The van der Waals surface area contributed by atoms with Crippen molar-refractivity contribution < 1.29 is 13.9 Å². The molecular weight excluding hydrogens is 202 g/mol. The average Bonchev–Trinajstić information content (AvgIpc) is 1.99. The van der Waals surface area contributed by atoms with Crippen LogP contribution < -0.4 is 10.6 Å². The molecule has 0 radical (unpaired) electrons. The Hall–Kier alpha value is -1.36. The maximum atomic E-state index is 13.4. The predicted molar refractivity (Wildman–Crippen MR) is 55.7 cm³/mol. The Morgan fingerprint density at radius 3 is 2.27 bits per heavy atom. The molecule has 0 aliphatic carbocycles. The maximum Gasteiger partial charge on any atom is 0.151 e. The van der Waals surface area contributed by atoms with Crippen LogP contribution in [0.1, 0.15) is 6.92 Å². The van der Waals surface area contributed by atoms with Crippen LogP contribution in [0.15, 0.2) is 12.1 Å². The molecule has 0 bridgehead atoms. The highest BCUT2D eigenvalue weighted by Crippen LogP contribution is 2.24. The van der Waals surface area contributed by atoms with Crippen molar-refractivity contribution >= 4 is 11.4 Å². The molecular formula is C10H14F2N2O. The van der Waals surface area contributed by atoms with Crippen molar-refractivity contribution in [2.75, 3.05) is 24.2 Å². The zero-order valence-electron chi connectivity index (χ0n) is 8.67. The summed E-state index contributed by atoms with van der Waals surface area (Å²) in [7, 11) is 1.50. The quantitative estimate of drug-likeness (QED) is 0.750. The number of nitrogen functional groups attached to an aromatic ring is 1. The fourth-order valence-corrected chi connectivity index (χ4v) is 1.44. The lowest BCUT2D eigenvalue weighted by atomic mass is 10.2. The molecule has 5 heteroatoms. The molecule has 84 valence electrons. The van der Waals surface area contributed by atoms with Crippen molar-refractivity contribution in [3.05, 3.63) is 23.8 Å². The van der Waals surface area contributed by atoms with Gasteiger partial charge in [0.05, 0.1) is 6.10 Å². The number of hydrogen-bond acceptors (Lipinski definition) is 3. The van der Waals surface area contributed by atoms with E-state index >= 15 is 0 Å². The lowest BCUT2D eigenvalue weighted by molar-refractivity contribution is 0.201. The van der Waals surface area contributed by atoms with Gasteiger partial charge in [0.25, 0.3) is 0 Å². The molecule has 3 N–H and O–H groups in total. The Bertz CT molecular complexity index is 332. The van der Waals surface area contributed by atoms with Crippen LogP contribution in [-0.2, 0) is 0 Å². The van der Waals surface area contributed by atoms with E-state index in [1.165, 1.54) is 11.9 Å². The number of halogens is 2. The van der Waals surface area contributed by atoms with Crippen molar-refractivity contribution in [3.8, 4) is 0 Å². The summed E-state index contributed by atoms with van der Waals surface area (Å²) in [6.45, 7) is 1.70. The van der Waals surface area contributed by atoms with Gasteiger partial charge >= 0.3 is 0 Å². The summed E-state index contributed by atoms with van der Waals surface area (Å²) < 4.78 is 26.7. The van der Waals surface area contributed by atoms with Crippen molar-refractivity contribution in [3.63, 3.8) is 0 Å². The predicted octanol–water partition coefficient (Wildman–Crippen LogP) is 1.36. The fraction of sp³-hybridized carbons (Fsp3) is 0.400. The van der Waals surface area contributed by atoms with Crippen molar-refractivity contribution in [2.24, 2.45) is 0 Å². The van der Waals surface area contributed by atoms with Crippen LogP contribution in [0.5, 0.6) is 0 Å². The number of benzene rings is 1. The Kier molecular flexibility index (Phi) is 3.47. The van der Waals surface area contributed by atoms with Crippen LogP contribution in [-0.4, -0.2) is 24.8 Å². The summed E-state index contributed by atoms with van der Waals surface area (Å²) >= 11 is 0. The van der Waals surface area contributed by atoms with Crippen molar-refractivity contribution in [1.29, 1.82) is 0 Å². The largest absolute Gasteiger partial charge is 0.399 e. The van der Waals surface area contributed by atoms with E-state index in [4.69, 9.17) is 10.8 Å². The van der Waals surface area contributed by atoms with Crippen LogP contribution in [0.2, 0.25) is 0 Å². The lowest BCUT2D eigenvalue weighted by Crippen LogP contribution is -2.28. The Balaban J connectivity index is 3.03. The van der Waals surface area contributed by atoms with Crippen molar-refractivity contribution in [1.82, 2.24) is 0 Å². The van der Waals surface area contributed by atoms with Crippen LogP contribution >= 0.6 is 0 Å². The molecule has 1 aromatic carbocycles. The highest BCUT2D eigenvalue weighted by atomic mass is 19.1. The van der Waals surface area contributed by atoms with E-state index in [1.54, 1.807) is 6.92 Å². The third-order valence-corrected chi connectivity index (χ3v) is 1.96. The smallest absolute Gasteiger partial charge is 0.151 e. The Labute approximate surface area is 87.1 Å². The molecule has 0 heterocycles. The monoisotopic (exact) mass is 216 g/mol. The zero-order valence-corrected chi connectivity index (χ0v) is 8.67. The number of nitrogens with zero attached hydrogens (tertiary/aromatic N) is 1. The summed E-state index contributed by atoms with van der Waals surface area (Å²) in [5, 5.41) is 9.11. The fourth-order valence-electron chi connectivity index (χ4n) is 1.44. The van der Waals surface area contributed by atoms with Gasteiger partial charge in [-0.1, -0.05) is 0 Å². The summed E-state index contributed by atoms with van der Waals surface area (Å²) in [4.78, 5) is 1.31. The van der Waals surface area contributed by atoms with Gasteiger partial charge in [-0.3, -0.25) is 0 Å². The van der Waals surface area contributed by atoms with Gasteiger partial charge in [0.1, 0.15) is 5.69 Å². The third kappa shape index (κ3) is 2.79. The molecule has 0 fully saturated rings. The molecule has 0 aliphatic rings. The summed E-state index contributed by atoms with van der Waals surface area (Å²) in [5.74, 6) is -1.45. The van der Waals surface area contributed by atoms with Crippen LogP contribution in [0.3, 0.4) is 0 Å². The van der Waals surface area contributed by atoms with E-state index in [2.05, 4.69) is 0 Å². The number of anilines is 2. The average molecular weight is 216 g/mol. The zero-order chi connectivity index (χ0) is 11.6. The molecule has 0 spiro atoms. The molecule has 1 unspecified atom stereocenters. The third-order valence-electron chi connectivity index (χ3n) is 1.96. The molecule has 1 rings (SSSR count). The first-order valence-corrected chi connectivity index (χ1v) is 4.55. The van der Waals surface area contributed by atoms with Gasteiger partial charge in [-0.05, 0) is 19.1 Å². The van der Waals surface area contributed by atoms with E-state index in [0.29, 0.717) is 0 Å².